The van der Waals surface area contributed by atoms with Gasteiger partial charge in [0.2, 0.25) is 0 Å². The van der Waals surface area contributed by atoms with Crippen LogP contribution in [0.15, 0.2) is 42.5 Å². The van der Waals surface area contributed by atoms with E-state index in [1.54, 1.807) is 44.6 Å². The predicted octanol–water partition coefficient (Wildman–Crippen LogP) is 2.12. The van der Waals surface area contributed by atoms with E-state index in [1.807, 2.05) is 12.1 Å². The molecule has 7 nitrogen and oxygen atoms in total. The number of methoxy groups -OCH3 is 2. The number of carbonyl (C=O) groups is 2. The molecule has 4 N–H and O–H groups in total. The second-order valence-electron chi connectivity index (χ2n) is 4.90. The number of primary amides is 1. The largest absolute Gasteiger partial charge is 0.493 e. The van der Waals surface area contributed by atoms with Crippen LogP contribution in [0.25, 0.3) is 0 Å². The van der Waals surface area contributed by atoms with Gasteiger partial charge in [-0.05, 0) is 30.3 Å². The minimum atomic E-state index is -0.655. The van der Waals surface area contributed by atoms with Crippen LogP contribution in [0.3, 0.4) is 0 Å². The second-order valence-corrected chi connectivity index (χ2v) is 4.90. The Kier molecular flexibility index (Phi) is 5.62. The SMILES string of the molecule is COc1cccc(CNC(=O)c2ccc(NC(N)=O)cc2)c1OC. The van der Waals surface area contributed by atoms with Crippen molar-refractivity contribution in [2.45, 2.75) is 6.54 Å². The molecule has 0 aliphatic rings. The molecule has 2 aromatic rings. The lowest BCUT2D eigenvalue weighted by Crippen LogP contribution is -2.23. The first kappa shape index (κ1) is 17.1. The van der Waals surface area contributed by atoms with Crippen LogP contribution in [-0.4, -0.2) is 26.2 Å². The van der Waals surface area contributed by atoms with Gasteiger partial charge < -0.3 is 25.8 Å². The number of hydrogen-bond acceptors (Lipinski definition) is 4. The van der Waals surface area contributed by atoms with Crippen molar-refractivity contribution in [3.8, 4) is 11.5 Å². The molecule has 126 valence electrons. The summed E-state index contributed by atoms with van der Waals surface area (Å²) >= 11 is 0. The number of ether oxygens (including phenoxy) is 2. The molecule has 2 aromatic carbocycles. The Morgan fingerprint density at radius 2 is 1.75 bits per heavy atom. The predicted molar refractivity (Wildman–Crippen MR) is 90.4 cm³/mol. The van der Waals surface area contributed by atoms with Gasteiger partial charge >= 0.3 is 6.03 Å². The third-order valence-corrected chi connectivity index (χ3v) is 3.34. The number of anilines is 1. The zero-order valence-electron chi connectivity index (χ0n) is 13.5. The number of nitrogens with two attached hydrogens (primary N) is 1. The van der Waals surface area contributed by atoms with E-state index in [0.717, 1.165) is 5.56 Å². The molecule has 0 fully saturated rings. The van der Waals surface area contributed by atoms with Crippen molar-refractivity contribution in [1.29, 1.82) is 0 Å². The lowest BCUT2D eigenvalue weighted by Gasteiger charge is -2.13. The van der Waals surface area contributed by atoms with E-state index in [-0.39, 0.29) is 5.91 Å². The molecule has 24 heavy (non-hydrogen) atoms. The zero-order valence-corrected chi connectivity index (χ0v) is 13.5. The molecular formula is C17H19N3O4. The molecule has 0 aliphatic heterocycles. The molecule has 0 atom stereocenters. The summed E-state index contributed by atoms with van der Waals surface area (Å²) in [5, 5.41) is 5.25. The molecule has 0 saturated carbocycles. The molecule has 3 amide bonds. The minimum Gasteiger partial charge on any atom is -0.493 e. The topological polar surface area (TPSA) is 103 Å². The van der Waals surface area contributed by atoms with Gasteiger partial charge in [-0.1, -0.05) is 12.1 Å². The summed E-state index contributed by atoms with van der Waals surface area (Å²) in [7, 11) is 3.11. The van der Waals surface area contributed by atoms with Gasteiger partial charge in [0, 0.05) is 23.4 Å². The van der Waals surface area contributed by atoms with Crippen molar-refractivity contribution >= 4 is 17.6 Å². The molecule has 0 bridgehead atoms. The molecule has 0 radical (unpaired) electrons. The molecule has 0 saturated heterocycles. The van der Waals surface area contributed by atoms with Gasteiger partial charge in [-0.3, -0.25) is 4.79 Å². The van der Waals surface area contributed by atoms with Gasteiger partial charge in [-0.2, -0.15) is 0 Å². The number of hydrogen-bond donors (Lipinski definition) is 3. The number of nitrogens with one attached hydrogen (secondary N) is 2. The molecule has 0 aliphatic carbocycles. The Morgan fingerprint density at radius 3 is 2.33 bits per heavy atom. The summed E-state index contributed by atoms with van der Waals surface area (Å²) in [6.07, 6.45) is 0. The fraction of sp³-hybridized carbons (Fsp3) is 0.176. The van der Waals surface area contributed by atoms with Gasteiger partial charge in [0.05, 0.1) is 14.2 Å². The smallest absolute Gasteiger partial charge is 0.316 e. The van der Waals surface area contributed by atoms with Gasteiger partial charge in [-0.25, -0.2) is 4.79 Å². The molecule has 0 unspecified atom stereocenters. The second kappa shape index (κ2) is 7.87. The van der Waals surface area contributed by atoms with E-state index in [9.17, 15) is 9.59 Å². The van der Waals surface area contributed by atoms with Crippen molar-refractivity contribution in [2.24, 2.45) is 5.73 Å². The highest BCUT2D eigenvalue weighted by Crippen LogP contribution is 2.30. The van der Waals surface area contributed by atoms with Crippen molar-refractivity contribution in [3.05, 3.63) is 53.6 Å². The van der Waals surface area contributed by atoms with Crippen LogP contribution in [0.1, 0.15) is 15.9 Å². The maximum atomic E-state index is 12.2. The summed E-state index contributed by atoms with van der Waals surface area (Å²) in [6.45, 7) is 0.292. The zero-order chi connectivity index (χ0) is 17.5. The first-order valence-electron chi connectivity index (χ1n) is 7.19. The summed E-state index contributed by atoms with van der Waals surface area (Å²) < 4.78 is 10.6. The van der Waals surface area contributed by atoms with Gasteiger partial charge in [0.1, 0.15) is 0 Å². The van der Waals surface area contributed by atoms with E-state index in [2.05, 4.69) is 10.6 Å². The molecule has 0 aromatic heterocycles. The number of benzene rings is 2. The Hall–Kier alpha value is -3.22. The van der Waals surface area contributed by atoms with Crippen LogP contribution in [-0.2, 0) is 6.54 Å². The molecule has 2 rings (SSSR count). The van der Waals surface area contributed by atoms with E-state index in [0.29, 0.717) is 29.3 Å². The van der Waals surface area contributed by atoms with Gasteiger partial charge in [-0.15, -0.1) is 0 Å². The monoisotopic (exact) mass is 329 g/mol. The summed E-state index contributed by atoms with van der Waals surface area (Å²) in [6, 6.07) is 11.2. The molecule has 7 heteroatoms. The number of rotatable bonds is 6. The summed E-state index contributed by atoms with van der Waals surface area (Å²) in [5.41, 5.74) is 6.82. The highest BCUT2D eigenvalue weighted by atomic mass is 16.5. The van der Waals surface area contributed by atoms with Crippen LogP contribution >= 0.6 is 0 Å². The maximum absolute atomic E-state index is 12.2. The van der Waals surface area contributed by atoms with Crippen LogP contribution in [0.4, 0.5) is 10.5 Å². The Labute approximate surface area is 139 Å². The number of urea groups is 1. The average molecular weight is 329 g/mol. The van der Waals surface area contributed by atoms with Gasteiger partial charge in [0.15, 0.2) is 11.5 Å². The highest BCUT2D eigenvalue weighted by molar-refractivity contribution is 5.95. The molecule has 0 heterocycles. The van der Waals surface area contributed by atoms with Gasteiger partial charge in [0.25, 0.3) is 5.91 Å². The third-order valence-electron chi connectivity index (χ3n) is 3.34. The number of amides is 3. The van der Waals surface area contributed by atoms with Crippen molar-refractivity contribution in [3.63, 3.8) is 0 Å². The Balaban J connectivity index is 2.04. The van der Waals surface area contributed by atoms with Crippen LogP contribution in [0.2, 0.25) is 0 Å². The quantitative estimate of drug-likeness (QED) is 0.755. The molecule has 0 spiro atoms. The van der Waals surface area contributed by atoms with E-state index >= 15 is 0 Å². The highest BCUT2D eigenvalue weighted by Gasteiger charge is 2.11. The Morgan fingerprint density at radius 1 is 1.04 bits per heavy atom. The van der Waals surface area contributed by atoms with Crippen molar-refractivity contribution in [2.75, 3.05) is 19.5 Å². The fourth-order valence-corrected chi connectivity index (χ4v) is 2.22. The first-order valence-corrected chi connectivity index (χ1v) is 7.19. The lowest BCUT2D eigenvalue weighted by atomic mass is 10.1. The minimum absolute atomic E-state index is 0.245. The summed E-state index contributed by atoms with van der Waals surface area (Å²) in [4.78, 5) is 23.0. The normalized spacial score (nSPS) is 9.92. The first-order chi connectivity index (χ1) is 11.5. The lowest BCUT2D eigenvalue weighted by molar-refractivity contribution is 0.0950. The fourth-order valence-electron chi connectivity index (χ4n) is 2.22. The van der Waals surface area contributed by atoms with E-state index < -0.39 is 6.03 Å². The van der Waals surface area contributed by atoms with Crippen LogP contribution in [0, 0.1) is 0 Å². The number of carbonyl (C=O) groups excluding carboxylic acids is 2. The summed E-state index contributed by atoms with van der Waals surface area (Å²) in [5.74, 6) is 0.943. The average Bonchev–Trinajstić information content (AvgIpc) is 2.59. The number of para-hydroxylation sites is 1. The Bertz CT molecular complexity index is 729. The van der Waals surface area contributed by atoms with Crippen LogP contribution in [0.5, 0.6) is 11.5 Å². The van der Waals surface area contributed by atoms with Crippen molar-refractivity contribution < 1.29 is 19.1 Å². The standard InChI is InChI=1S/C17H19N3O4/c1-23-14-5-3-4-12(15(14)24-2)10-19-16(21)11-6-8-13(9-7-11)20-17(18)22/h3-9H,10H2,1-2H3,(H,19,21)(H3,18,20,22). The van der Waals surface area contributed by atoms with Crippen LogP contribution < -0.4 is 25.8 Å². The van der Waals surface area contributed by atoms with E-state index in [4.69, 9.17) is 15.2 Å². The van der Waals surface area contributed by atoms with Crippen molar-refractivity contribution in [1.82, 2.24) is 5.32 Å². The van der Waals surface area contributed by atoms with E-state index in [1.165, 1.54) is 0 Å². The maximum Gasteiger partial charge on any atom is 0.316 e. The molecular weight excluding hydrogens is 310 g/mol. The third kappa shape index (κ3) is 4.16.